The number of phenols is 1. The molecular formula is C16H16ClNO3. The van der Waals surface area contributed by atoms with Gasteiger partial charge in [-0.25, -0.2) is 0 Å². The van der Waals surface area contributed by atoms with Crippen LogP contribution in [0.1, 0.15) is 18.0 Å². The van der Waals surface area contributed by atoms with Gasteiger partial charge in [0.15, 0.2) is 0 Å². The summed E-state index contributed by atoms with van der Waals surface area (Å²) < 4.78 is 10.9. The van der Waals surface area contributed by atoms with Crippen LogP contribution in [0.5, 0.6) is 17.2 Å². The minimum absolute atomic E-state index is 0.0799. The van der Waals surface area contributed by atoms with Crippen molar-refractivity contribution in [2.45, 2.75) is 12.5 Å². The zero-order chi connectivity index (χ0) is 14.8. The molecule has 1 atom stereocenters. The van der Waals surface area contributed by atoms with E-state index < -0.39 is 0 Å². The fraction of sp³-hybridized carbons (Fsp3) is 0.250. The van der Waals surface area contributed by atoms with Crippen LogP contribution >= 0.6 is 11.6 Å². The van der Waals surface area contributed by atoms with Crippen molar-refractivity contribution < 1.29 is 14.6 Å². The molecule has 0 saturated carbocycles. The summed E-state index contributed by atoms with van der Waals surface area (Å²) in [6.45, 7) is 0.656. The smallest absolute Gasteiger partial charge is 0.134 e. The van der Waals surface area contributed by atoms with E-state index in [2.05, 4.69) is 5.32 Å². The maximum atomic E-state index is 9.48. The predicted octanol–water partition coefficient (Wildman–Crippen LogP) is 3.99. The highest BCUT2D eigenvalue weighted by Crippen LogP contribution is 2.37. The molecule has 0 aliphatic carbocycles. The van der Waals surface area contributed by atoms with Crippen LogP contribution < -0.4 is 14.8 Å². The van der Waals surface area contributed by atoms with Gasteiger partial charge in [-0.15, -0.1) is 0 Å². The number of halogens is 1. The van der Waals surface area contributed by atoms with Crippen molar-refractivity contribution in [2.75, 3.05) is 19.0 Å². The Balaban J connectivity index is 1.88. The molecule has 1 aliphatic heterocycles. The second-order valence-electron chi connectivity index (χ2n) is 4.90. The molecule has 0 fully saturated rings. The van der Waals surface area contributed by atoms with E-state index in [1.807, 2.05) is 18.2 Å². The molecule has 0 spiro atoms. The predicted molar refractivity (Wildman–Crippen MR) is 82.6 cm³/mol. The molecular weight excluding hydrogens is 290 g/mol. The second-order valence-corrected chi connectivity index (χ2v) is 5.31. The zero-order valence-corrected chi connectivity index (χ0v) is 12.4. The number of methoxy groups -OCH3 is 1. The lowest BCUT2D eigenvalue weighted by atomic mass is 10.00. The minimum atomic E-state index is 0.0799. The van der Waals surface area contributed by atoms with Gasteiger partial charge in [0, 0.05) is 17.7 Å². The Kier molecular flexibility index (Phi) is 3.80. The SMILES string of the molecule is COc1ccc2c(c1)C(Nc1ccc(O)c(Cl)c1)CCO2. The lowest BCUT2D eigenvalue weighted by molar-refractivity contribution is 0.273. The standard InChI is InChI=1S/C16H16ClNO3/c1-20-11-3-5-16-12(9-11)14(6-7-21-16)18-10-2-4-15(19)13(17)8-10/h2-5,8-9,14,18-19H,6-7H2,1H3. The number of hydrogen-bond acceptors (Lipinski definition) is 4. The zero-order valence-electron chi connectivity index (χ0n) is 11.6. The molecule has 0 saturated heterocycles. The third kappa shape index (κ3) is 2.85. The third-order valence-corrected chi connectivity index (χ3v) is 3.85. The van der Waals surface area contributed by atoms with Gasteiger partial charge in [-0.2, -0.15) is 0 Å². The Morgan fingerprint density at radius 3 is 2.90 bits per heavy atom. The number of rotatable bonds is 3. The average molecular weight is 306 g/mol. The topological polar surface area (TPSA) is 50.7 Å². The maximum Gasteiger partial charge on any atom is 0.134 e. The largest absolute Gasteiger partial charge is 0.506 e. The van der Waals surface area contributed by atoms with Crippen molar-refractivity contribution in [3.63, 3.8) is 0 Å². The first kappa shape index (κ1) is 13.9. The fourth-order valence-electron chi connectivity index (χ4n) is 2.45. The lowest BCUT2D eigenvalue weighted by Gasteiger charge is -2.28. The molecule has 2 N–H and O–H groups in total. The lowest BCUT2D eigenvalue weighted by Crippen LogP contribution is -2.20. The monoisotopic (exact) mass is 305 g/mol. The molecule has 0 radical (unpaired) electrons. The minimum Gasteiger partial charge on any atom is -0.506 e. The molecule has 2 aromatic rings. The van der Waals surface area contributed by atoms with Gasteiger partial charge in [-0.1, -0.05) is 11.6 Å². The summed E-state index contributed by atoms with van der Waals surface area (Å²) in [5.74, 6) is 1.75. The summed E-state index contributed by atoms with van der Waals surface area (Å²) in [5.41, 5.74) is 1.92. The van der Waals surface area contributed by atoms with E-state index in [9.17, 15) is 5.11 Å². The van der Waals surface area contributed by atoms with Crippen LogP contribution in [0.4, 0.5) is 5.69 Å². The number of anilines is 1. The first-order chi connectivity index (χ1) is 10.2. The van der Waals surface area contributed by atoms with Crippen LogP contribution in [-0.4, -0.2) is 18.8 Å². The van der Waals surface area contributed by atoms with Gasteiger partial charge < -0.3 is 19.9 Å². The molecule has 5 heteroatoms. The second kappa shape index (κ2) is 5.74. The van der Waals surface area contributed by atoms with Crippen LogP contribution in [0.2, 0.25) is 5.02 Å². The number of fused-ring (bicyclic) bond motifs is 1. The van der Waals surface area contributed by atoms with Crippen LogP contribution in [0.3, 0.4) is 0 Å². The van der Waals surface area contributed by atoms with Crippen molar-refractivity contribution in [2.24, 2.45) is 0 Å². The van der Waals surface area contributed by atoms with Crippen LogP contribution in [-0.2, 0) is 0 Å². The van der Waals surface area contributed by atoms with E-state index in [4.69, 9.17) is 21.1 Å². The molecule has 3 rings (SSSR count). The number of phenolic OH excluding ortho intramolecular Hbond substituents is 1. The Labute approximate surface area is 128 Å². The normalized spacial score (nSPS) is 16.8. The molecule has 1 aliphatic rings. The van der Waals surface area contributed by atoms with Crippen molar-refractivity contribution in [3.05, 3.63) is 47.0 Å². The number of benzene rings is 2. The van der Waals surface area contributed by atoms with Gasteiger partial charge in [-0.05, 0) is 36.4 Å². The molecule has 0 aromatic heterocycles. The van der Waals surface area contributed by atoms with E-state index in [1.54, 1.807) is 25.3 Å². The van der Waals surface area contributed by atoms with Crippen molar-refractivity contribution in [1.82, 2.24) is 0 Å². The van der Waals surface area contributed by atoms with Gasteiger partial charge in [0.25, 0.3) is 0 Å². The van der Waals surface area contributed by atoms with Crippen LogP contribution in [0, 0.1) is 0 Å². The quantitative estimate of drug-likeness (QED) is 0.842. The first-order valence-electron chi connectivity index (χ1n) is 6.73. The summed E-state index contributed by atoms with van der Waals surface area (Å²) in [5, 5.41) is 13.2. The molecule has 21 heavy (non-hydrogen) atoms. The van der Waals surface area contributed by atoms with E-state index in [1.165, 1.54) is 0 Å². The van der Waals surface area contributed by atoms with Gasteiger partial charge in [0.2, 0.25) is 0 Å². The van der Waals surface area contributed by atoms with E-state index in [-0.39, 0.29) is 11.8 Å². The molecule has 110 valence electrons. The Morgan fingerprint density at radius 1 is 1.29 bits per heavy atom. The summed E-state index contributed by atoms with van der Waals surface area (Å²) >= 11 is 5.94. The van der Waals surface area contributed by atoms with Crippen LogP contribution in [0.25, 0.3) is 0 Å². The van der Waals surface area contributed by atoms with E-state index in [0.717, 1.165) is 29.2 Å². The highest BCUT2D eigenvalue weighted by molar-refractivity contribution is 6.32. The van der Waals surface area contributed by atoms with Crippen molar-refractivity contribution in [1.29, 1.82) is 0 Å². The Morgan fingerprint density at radius 2 is 2.14 bits per heavy atom. The van der Waals surface area contributed by atoms with Gasteiger partial charge in [0.1, 0.15) is 17.2 Å². The van der Waals surface area contributed by atoms with Gasteiger partial charge in [-0.3, -0.25) is 0 Å². The van der Waals surface area contributed by atoms with Crippen molar-refractivity contribution in [3.8, 4) is 17.2 Å². The molecule has 0 bridgehead atoms. The van der Waals surface area contributed by atoms with Crippen molar-refractivity contribution >= 4 is 17.3 Å². The highest BCUT2D eigenvalue weighted by atomic mass is 35.5. The van der Waals surface area contributed by atoms with E-state index in [0.29, 0.717) is 11.6 Å². The molecule has 2 aromatic carbocycles. The first-order valence-corrected chi connectivity index (χ1v) is 7.11. The van der Waals surface area contributed by atoms with Crippen LogP contribution in [0.15, 0.2) is 36.4 Å². The number of nitrogens with one attached hydrogen (secondary N) is 1. The Bertz CT molecular complexity index is 660. The molecule has 0 amide bonds. The highest BCUT2D eigenvalue weighted by Gasteiger charge is 2.22. The fourth-order valence-corrected chi connectivity index (χ4v) is 2.63. The van der Waals surface area contributed by atoms with E-state index >= 15 is 0 Å². The maximum absolute atomic E-state index is 9.48. The number of aromatic hydroxyl groups is 1. The molecule has 1 unspecified atom stereocenters. The average Bonchev–Trinajstić information content (AvgIpc) is 2.51. The van der Waals surface area contributed by atoms with Gasteiger partial charge in [0.05, 0.1) is 24.8 Å². The summed E-state index contributed by atoms with van der Waals surface area (Å²) in [6.07, 6.45) is 0.846. The number of hydrogen-bond donors (Lipinski definition) is 2. The molecule has 1 heterocycles. The Hall–Kier alpha value is -2.07. The summed E-state index contributed by atoms with van der Waals surface area (Å²) in [7, 11) is 1.65. The third-order valence-electron chi connectivity index (χ3n) is 3.55. The molecule has 4 nitrogen and oxygen atoms in total. The summed E-state index contributed by atoms with van der Waals surface area (Å²) in [4.78, 5) is 0. The van der Waals surface area contributed by atoms with Gasteiger partial charge >= 0.3 is 0 Å². The summed E-state index contributed by atoms with van der Waals surface area (Å²) in [6, 6.07) is 11.0. The number of ether oxygens (including phenoxy) is 2.